The van der Waals surface area contributed by atoms with Crippen LogP contribution in [0.15, 0.2) is 47.8 Å². The quantitative estimate of drug-likeness (QED) is 0.495. The van der Waals surface area contributed by atoms with Crippen LogP contribution in [0.5, 0.6) is 0 Å². The Morgan fingerprint density at radius 2 is 1.97 bits per heavy atom. The number of rotatable bonds is 7. The second-order valence-corrected chi connectivity index (χ2v) is 8.43. The molecule has 1 fully saturated rings. The van der Waals surface area contributed by atoms with Crippen molar-refractivity contribution in [2.75, 3.05) is 11.1 Å². The highest BCUT2D eigenvalue weighted by molar-refractivity contribution is 7.99. The Labute approximate surface area is 185 Å². The van der Waals surface area contributed by atoms with Crippen molar-refractivity contribution in [2.24, 2.45) is 0 Å². The van der Waals surface area contributed by atoms with E-state index in [0.717, 1.165) is 30.3 Å². The third-order valence-electron chi connectivity index (χ3n) is 4.63. The molecule has 0 saturated heterocycles. The van der Waals surface area contributed by atoms with Crippen LogP contribution in [0.2, 0.25) is 5.02 Å². The fraction of sp³-hybridized carbons (Fsp3) is 0.300. The number of carbonyl (C=O) groups excluding carboxylic acids is 1. The fourth-order valence-corrected chi connectivity index (χ4v) is 3.91. The summed E-state index contributed by atoms with van der Waals surface area (Å²) in [5, 5.41) is 11.3. The molecule has 0 aliphatic heterocycles. The van der Waals surface area contributed by atoms with Crippen LogP contribution < -0.4 is 5.32 Å². The van der Waals surface area contributed by atoms with E-state index in [-0.39, 0.29) is 16.6 Å². The normalized spacial score (nSPS) is 13.9. The lowest BCUT2D eigenvalue weighted by Gasteiger charge is -2.11. The summed E-state index contributed by atoms with van der Waals surface area (Å²) in [4.78, 5) is 16.0. The van der Waals surface area contributed by atoms with Crippen LogP contribution in [0, 0.1) is 0 Å². The number of halogens is 4. The number of pyridine rings is 1. The van der Waals surface area contributed by atoms with E-state index in [1.54, 1.807) is 0 Å². The maximum Gasteiger partial charge on any atom is 0.417 e. The Hall–Kier alpha value is -2.59. The Morgan fingerprint density at radius 3 is 2.61 bits per heavy atom. The highest BCUT2D eigenvalue weighted by atomic mass is 35.5. The van der Waals surface area contributed by atoms with E-state index in [9.17, 15) is 18.0 Å². The maximum atomic E-state index is 12.7. The molecule has 0 radical (unpaired) electrons. The molecule has 2 aromatic heterocycles. The van der Waals surface area contributed by atoms with Crippen molar-refractivity contribution in [3.8, 4) is 0 Å². The molecule has 1 saturated carbocycles. The van der Waals surface area contributed by atoms with E-state index in [2.05, 4.69) is 20.5 Å². The minimum atomic E-state index is -4.56. The van der Waals surface area contributed by atoms with E-state index in [4.69, 9.17) is 11.6 Å². The molecule has 0 spiro atoms. The van der Waals surface area contributed by atoms with Gasteiger partial charge in [-0.3, -0.25) is 4.79 Å². The van der Waals surface area contributed by atoms with Crippen LogP contribution in [0.1, 0.15) is 35.7 Å². The highest BCUT2D eigenvalue weighted by Crippen LogP contribution is 2.40. The van der Waals surface area contributed by atoms with Gasteiger partial charge in [-0.2, -0.15) is 13.2 Å². The van der Waals surface area contributed by atoms with E-state index in [1.165, 1.54) is 11.8 Å². The average Bonchev–Trinajstić information content (AvgIpc) is 3.50. The van der Waals surface area contributed by atoms with Crippen LogP contribution in [0.4, 0.5) is 19.0 Å². The van der Waals surface area contributed by atoms with Crippen molar-refractivity contribution < 1.29 is 18.0 Å². The highest BCUT2D eigenvalue weighted by Gasteiger charge is 2.32. The number of thioether (sulfide) groups is 1. The van der Waals surface area contributed by atoms with E-state index in [1.807, 2.05) is 34.9 Å². The zero-order valence-electron chi connectivity index (χ0n) is 16.1. The number of amides is 1. The molecule has 31 heavy (non-hydrogen) atoms. The SMILES string of the molecule is O=C(CSc1nnc(C2CC2)n1Cc1ccccc1)Nc1ncc(C(F)(F)F)cc1Cl. The number of nitrogens with zero attached hydrogens (tertiary/aromatic N) is 4. The van der Waals surface area contributed by atoms with E-state index in [0.29, 0.717) is 23.8 Å². The summed E-state index contributed by atoms with van der Waals surface area (Å²) >= 11 is 7.05. The molecule has 1 amide bonds. The number of nitrogens with one attached hydrogen (secondary N) is 1. The summed E-state index contributed by atoms with van der Waals surface area (Å²) in [5.74, 6) is 0.691. The van der Waals surface area contributed by atoms with Gasteiger partial charge >= 0.3 is 6.18 Å². The molecular formula is C20H17ClF3N5OS. The second kappa shape index (κ2) is 8.88. The average molecular weight is 468 g/mol. The number of alkyl halides is 3. The summed E-state index contributed by atoms with van der Waals surface area (Å²) in [6.45, 7) is 0.593. The molecule has 162 valence electrons. The number of anilines is 1. The number of benzene rings is 1. The first-order valence-electron chi connectivity index (χ1n) is 9.43. The number of hydrogen-bond acceptors (Lipinski definition) is 5. The molecule has 6 nitrogen and oxygen atoms in total. The van der Waals surface area contributed by atoms with Crippen LogP contribution in [0.25, 0.3) is 0 Å². The number of hydrogen-bond donors (Lipinski definition) is 1. The molecule has 0 bridgehead atoms. The first kappa shape index (κ1) is 21.6. The largest absolute Gasteiger partial charge is 0.417 e. The second-order valence-electron chi connectivity index (χ2n) is 7.08. The molecule has 2 heterocycles. The van der Waals surface area contributed by atoms with Crippen molar-refractivity contribution in [2.45, 2.75) is 36.6 Å². The Bertz CT molecular complexity index is 1090. The summed E-state index contributed by atoms with van der Waals surface area (Å²) in [5.41, 5.74) is 0.114. The van der Waals surface area contributed by atoms with Gasteiger partial charge in [-0.1, -0.05) is 53.7 Å². The topological polar surface area (TPSA) is 72.7 Å². The molecule has 3 aromatic rings. The van der Waals surface area contributed by atoms with Gasteiger partial charge in [0.15, 0.2) is 11.0 Å². The van der Waals surface area contributed by atoms with Crippen molar-refractivity contribution >= 4 is 35.1 Å². The zero-order chi connectivity index (χ0) is 22.0. The summed E-state index contributed by atoms with van der Waals surface area (Å²) in [6.07, 6.45) is -1.80. The predicted molar refractivity (Wildman–Crippen MR) is 111 cm³/mol. The van der Waals surface area contributed by atoms with Crippen LogP contribution in [-0.4, -0.2) is 31.4 Å². The standard InChI is InChI=1S/C20H17ClF3N5OS/c21-15-8-14(20(22,23)24)9-25-17(15)26-16(30)11-31-19-28-27-18(13-6-7-13)29(19)10-12-4-2-1-3-5-12/h1-5,8-9,13H,6-7,10-11H2,(H,25,26,30). The van der Waals surface area contributed by atoms with Crippen LogP contribution in [0.3, 0.4) is 0 Å². The molecule has 1 aliphatic carbocycles. The Kier molecular flexibility index (Phi) is 6.19. The van der Waals surface area contributed by atoms with Gasteiger partial charge < -0.3 is 9.88 Å². The summed E-state index contributed by atoms with van der Waals surface area (Å²) in [6, 6.07) is 10.6. The van der Waals surface area contributed by atoms with Gasteiger partial charge in [-0.25, -0.2) is 4.98 Å². The molecule has 1 aliphatic rings. The lowest BCUT2D eigenvalue weighted by Crippen LogP contribution is -2.17. The van der Waals surface area contributed by atoms with Gasteiger partial charge in [-0.05, 0) is 24.5 Å². The van der Waals surface area contributed by atoms with Gasteiger partial charge in [0.1, 0.15) is 5.82 Å². The van der Waals surface area contributed by atoms with Crippen molar-refractivity contribution in [3.05, 3.63) is 64.6 Å². The molecule has 1 N–H and O–H groups in total. The number of aromatic nitrogens is 4. The smallest absolute Gasteiger partial charge is 0.309 e. The third kappa shape index (κ3) is 5.37. The minimum Gasteiger partial charge on any atom is -0.309 e. The van der Waals surface area contributed by atoms with Crippen LogP contribution in [-0.2, 0) is 17.5 Å². The predicted octanol–water partition coefficient (Wildman–Crippen LogP) is 5.00. The van der Waals surface area contributed by atoms with Crippen molar-refractivity contribution in [1.82, 2.24) is 19.7 Å². The van der Waals surface area contributed by atoms with Gasteiger partial charge in [0.2, 0.25) is 5.91 Å². The molecule has 0 atom stereocenters. The molecule has 0 unspecified atom stereocenters. The van der Waals surface area contributed by atoms with Gasteiger partial charge in [0, 0.05) is 12.1 Å². The first-order valence-corrected chi connectivity index (χ1v) is 10.8. The lowest BCUT2D eigenvalue weighted by molar-refractivity contribution is -0.137. The summed E-state index contributed by atoms with van der Waals surface area (Å²) in [7, 11) is 0. The third-order valence-corrected chi connectivity index (χ3v) is 5.89. The summed E-state index contributed by atoms with van der Waals surface area (Å²) < 4.78 is 40.2. The molecule has 11 heteroatoms. The Balaban J connectivity index is 1.43. The number of carbonyl (C=O) groups is 1. The van der Waals surface area contributed by atoms with E-state index < -0.39 is 17.6 Å². The zero-order valence-corrected chi connectivity index (χ0v) is 17.6. The lowest BCUT2D eigenvalue weighted by atomic mass is 10.2. The van der Waals surface area contributed by atoms with E-state index >= 15 is 0 Å². The van der Waals surface area contributed by atoms with Crippen LogP contribution >= 0.6 is 23.4 Å². The van der Waals surface area contributed by atoms with Gasteiger partial charge in [-0.15, -0.1) is 10.2 Å². The molecule has 4 rings (SSSR count). The first-order chi connectivity index (χ1) is 14.8. The minimum absolute atomic E-state index is 0.0172. The van der Waals surface area contributed by atoms with Gasteiger partial charge in [0.05, 0.1) is 22.9 Å². The maximum absolute atomic E-state index is 12.7. The fourth-order valence-electron chi connectivity index (χ4n) is 2.95. The van der Waals surface area contributed by atoms with Gasteiger partial charge in [0.25, 0.3) is 0 Å². The molecule has 1 aromatic carbocycles. The van der Waals surface area contributed by atoms with Crippen molar-refractivity contribution in [3.63, 3.8) is 0 Å². The van der Waals surface area contributed by atoms with Crippen molar-refractivity contribution in [1.29, 1.82) is 0 Å². The monoisotopic (exact) mass is 467 g/mol. The Morgan fingerprint density at radius 1 is 1.23 bits per heavy atom. The molecular weight excluding hydrogens is 451 g/mol.